The number of ketones is 2. The first-order valence-corrected chi connectivity index (χ1v) is 11.5. The Morgan fingerprint density at radius 3 is 2.16 bits per heavy atom. The molecule has 3 rings (SSSR count). The van der Waals surface area contributed by atoms with Crippen LogP contribution in [0.3, 0.4) is 0 Å². The van der Waals surface area contributed by atoms with Crippen molar-refractivity contribution < 1.29 is 22.8 Å². The maximum Gasteiger partial charge on any atom is 0.416 e. The number of carbonyl (C=O) groups excluding carboxylic acids is 2. The lowest BCUT2D eigenvalue weighted by molar-refractivity contribution is -0.137. The Morgan fingerprint density at radius 2 is 1.61 bits per heavy atom. The Balaban J connectivity index is 1.61. The normalized spacial score (nSPS) is 19.7. The number of Topliss-reactive ketones (excluding diaryl/α,β-unsaturated/α-hetero) is 2. The van der Waals surface area contributed by atoms with Crippen LogP contribution in [0.4, 0.5) is 13.2 Å². The Hall–Kier alpha value is -2.08. The predicted octanol–water partition coefficient (Wildman–Crippen LogP) is 6.70. The van der Waals surface area contributed by atoms with Crippen LogP contribution in [-0.4, -0.2) is 17.3 Å². The van der Waals surface area contributed by atoms with Crippen LogP contribution in [0, 0.1) is 19.8 Å². The topological polar surface area (TPSA) is 34.1 Å². The van der Waals surface area contributed by atoms with Gasteiger partial charge in [-0.2, -0.15) is 13.2 Å². The first-order chi connectivity index (χ1) is 14.6. The SMILES string of the molecule is CCc1cc(C)cc(C)c1C1C(=O)CC(CCSc2ccc(C(F)(F)F)cc2)CC1=O. The van der Waals surface area contributed by atoms with Gasteiger partial charge in [0.05, 0.1) is 5.56 Å². The number of benzene rings is 2. The number of thioether (sulfide) groups is 1. The molecule has 0 aliphatic heterocycles. The van der Waals surface area contributed by atoms with Crippen LogP contribution < -0.4 is 0 Å². The second-order valence-electron chi connectivity index (χ2n) is 8.31. The summed E-state index contributed by atoms with van der Waals surface area (Å²) in [4.78, 5) is 26.7. The summed E-state index contributed by atoms with van der Waals surface area (Å²) in [5.74, 6) is -0.0290. The largest absolute Gasteiger partial charge is 0.416 e. The van der Waals surface area contributed by atoms with Crippen LogP contribution in [0.25, 0.3) is 0 Å². The van der Waals surface area contributed by atoms with Crippen molar-refractivity contribution in [3.8, 4) is 0 Å². The molecule has 2 aromatic carbocycles. The molecule has 2 nitrogen and oxygen atoms in total. The highest BCUT2D eigenvalue weighted by atomic mass is 32.2. The van der Waals surface area contributed by atoms with Gasteiger partial charge in [0.15, 0.2) is 0 Å². The van der Waals surface area contributed by atoms with Gasteiger partial charge in [-0.1, -0.05) is 24.6 Å². The zero-order valence-corrected chi connectivity index (χ0v) is 18.8. The maximum atomic E-state index is 13.0. The van der Waals surface area contributed by atoms with Crippen LogP contribution >= 0.6 is 11.8 Å². The average Bonchev–Trinajstić information content (AvgIpc) is 2.68. The lowest BCUT2D eigenvalue weighted by Gasteiger charge is -2.29. The van der Waals surface area contributed by atoms with Gasteiger partial charge in [0.25, 0.3) is 0 Å². The van der Waals surface area contributed by atoms with Crippen molar-refractivity contribution in [2.45, 2.75) is 63.4 Å². The number of aryl methyl sites for hydroxylation is 3. The van der Waals surface area contributed by atoms with Gasteiger partial charge in [0.1, 0.15) is 17.5 Å². The lowest BCUT2D eigenvalue weighted by Crippen LogP contribution is -2.33. The van der Waals surface area contributed by atoms with E-state index in [-0.39, 0.29) is 17.5 Å². The number of carbonyl (C=O) groups is 2. The molecule has 1 aliphatic rings. The zero-order valence-electron chi connectivity index (χ0n) is 18.0. The molecule has 0 N–H and O–H groups in total. The molecule has 0 spiro atoms. The van der Waals surface area contributed by atoms with E-state index in [4.69, 9.17) is 0 Å². The molecule has 1 fully saturated rings. The van der Waals surface area contributed by atoms with Crippen LogP contribution in [0.1, 0.15) is 59.9 Å². The van der Waals surface area contributed by atoms with E-state index >= 15 is 0 Å². The fourth-order valence-corrected chi connectivity index (χ4v) is 5.45. The smallest absolute Gasteiger partial charge is 0.299 e. The molecule has 31 heavy (non-hydrogen) atoms. The summed E-state index contributed by atoms with van der Waals surface area (Å²) < 4.78 is 38.0. The Bertz CT molecular complexity index is 946. The third kappa shape index (κ3) is 5.59. The van der Waals surface area contributed by atoms with E-state index in [9.17, 15) is 22.8 Å². The standard InChI is InChI=1S/C25H27F3O2S/c1-4-18-12-15(2)11-16(3)23(18)24-21(29)13-17(14-22(24)30)9-10-31-20-7-5-19(6-8-20)25(26,27)28/h5-8,11-12,17,24H,4,9-10,13-14H2,1-3H3. The molecule has 0 amide bonds. The molecular weight excluding hydrogens is 421 g/mol. The highest BCUT2D eigenvalue weighted by Gasteiger charge is 2.38. The predicted molar refractivity (Wildman–Crippen MR) is 118 cm³/mol. The van der Waals surface area contributed by atoms with Gasteiger partial charge in [-0.05, 0) is 79.3 Å². The van der Waals surface area contributed by atoms with E-state index in [0.29, 0.717) is 25.0 Å². The van der Waals surface area contributed by atoms with E-state index < -0.39 is 17.7 Å². The highest BCUT2D eigenvalue weighted by Crippen LogP contribution is 2.37. The molecule has 0 unspecified atom stereocenters. The molecule has 2 aromatic rings. The summed E-state index contributed by atoms with van der Waals surface area (Å²) in [5.41, 5.74) is 3.43. The molecule has 1 saturated carbocycles. The molecule has 6 heteroatoms. The van der Waals surface area contributed by atoms with Gasteiger partial charge in [-0.3, -0.25) is 9.59 Å². The minimum absolute atomic E-state index is 0.00553. The summed E-state index contributed by atoms with van der Waals surface area (Å²) in [6.07, 6.45) is -2.12. The number of hydrogen-bond acceptors (Lipinski definition) is 3. The lowest BCUT2D eigenvalue weighted by atomic mass is 9.73. The molecule has 0 saturated heterocycles. The van der Waals surface area contributed by atoms with E-state index in [2.05, 4.69) is 6.07 Å². The summed E-state index contributed by atoms with van der Waals surface area (Å²) >= 11 is 1.45. The zero-order chi connectivity index (χ0) is 22.8. The molecule has 0 radical (unpaired) electrons. The van der Waals surface area contributed by atoms with Crippen molar-refractivity contribution >= 4 is 23.3 Å². The number of hydrogen-bond donors (Lipinski definition) is 0. The van der Waals surface area contributed by atoms with Gasteiger partial charge in [-0.15, -0.1) is 11.8 Å². The van der Waals surface area contributed by atoms with Crippen molar-refractivity contribution in [2.75, 3.05) is 5.75 Å². The molecule has 0 atom stereocenters. The average molecular weight is 449 g/mol. The molecule has 1 aliphatic carbocycles. The van der Waals surface area contributed by atoms with Crippen LogP contribution in [0.2, 0.25) is 0 Å². The van der Waals surface area contributed by atoms with Crippen molar-refractivity contribution in [1.82, 2.24) is 0 Å². The van der Waals surface area contributed by atoms with Gasteiger partial charge in [-0.25, -0.2) is 0 Å². The summed E-state index contributed by atoms with van der Waals surface area (Å²) in [7, 11) is 0. The fourth-order valence-electron chi connectivity index (χ4n) is 4.44. The van der Waals surface area contributed by atoms with Gasteiger partial charge in [0, 0.05) is 17.7 Å². The summed E-state index contributed by atoms with van der Waals surface area (Å²) in [6.45, 7) is 6.02. The van der Waals surface area contributed by atoms with Crippen molar-refractivity contribution in [1.29, 1.82) is 0 Å². The third-order valence-corrected chi connectivity index (χ3v) is 6.93. The van der Waals surface area contributed by atoms with Gasteiger partial charge in [0.2, 0.25) is 0 Å². The quantitative estimate of drug-likeness (QED) is 0.364. The molecular formula is C25H27F3O2S. The molecule has 0 heterocycles. The van der Waals surface area contributed by atoms with E-state index in [1.807, 2.05) is 26.8 Å². The van der Waals surface area contributed by atoms with E-state index in [1.54, 1.807) is 0 Å². The number of halogens is 3. The number of rotatable bonds is 6. The molecule has 0 aromatic heterocycles. The third-order valence-electron chi connectivity index (χ3n) is 5.89. The van der Waals surface area contributed by atoms with Crippen LogP contribution in [0.15, 0.2) is 41.3 Å². The summed E-state index contributed by atoms with van der Waals surface area (Å²) in [5, 5.41) is 0. The molecule has 166 valence electrons. The van der Waals surface area contributed by atoms with E-state index in [0.717, 1.165) is 45.7 Å². The highest BCUT2D eigenvalue weighted by molar-refractivity contribution is 7.99. The monoisotopic (exact) mass is 448 g/mol. The first-order valence-electron chi connectivity index (χ1n) is 10.6. The van der Waals surface area contributed by atoms with Crippen molar-refractivity contribution in [3.05, 3.63) is 64.2 Å². The summed E-state index contributed by atoms with van der Waals surface area (Å²) in [6, 6.07) is 9.18. The minimum atomic E-state index is -4.34. The van der Waals surface area contributed by atoms with Crippen molar-refractivity contribution in [2.24, 2.45) is 5.92 Å². The van der Waals surface area contributed by atoms with E-state index in [1.165, 1.54) is 23.9 Å². The Morgan fingerprint density at radius 1 is 1.00 bits per heavy atom. The Labute approximate surface area is 185 Å². The minimum Gasteiger partial charge on any atom is -0.299 e. The first kappa shape index (κ1) is 23.6. The second kappa shape index (κ2) is 9.60. The fraction of sp³-hybridized carbons (Fsp3) is 0.440. The Kier molecular flexibility index (Phi) is 7.30. The van der Waals surface area contributed by atoms with Crippen LogP contribution in [0.5, 0.6) is 0 Å². The number of alkyl halides is 3. The maximum absolute atomic E-state index is 13.0. The van der Waals surface area contributed by atoms with Crippen LogP contribution in [-0.2, 0) is 22.2 Å². The molecule has 0 bridgehead atoms. The second-order valence-corrected chi connectivity index (χ2v) is 9.48. The van der Waals surface area contributed by atoms with Gasteiger partial charge >= 0.3 is 6.18 Å². The van der Waals surface area contributed by atoms with Crippen molar-refractivity contribution in [3.63, 3.8) is 0 Å². The van der Waals surface area contributed by atoms with Gasteiger partial charge < -0.3 is 0 Å².